The van der Waals surface area contributed by atoms with E-state index in [1.165, 1.54) is 5.56 Å². The van der Waals surface area contributed by atoms with Gasteiger partial charge in [-0.2, -0.15) is 0 Å². The van der Waals surface area contributed by atoms with Crippen LogP contribution in [0.1, 0.15) is 18.9 Å². The Morgan fingerprint density at radius 3 is 2.94 bits per heavy atom. The second-order valence-corrected chi connectivity index (χ2v) is 5.59. The van der Waals surface area contributed by atoms with E-state index >= 15 is 0 Å². The zero-order chi connectivity index (χ0) is 12.2. The van der Waals surface area contributed by atoms with Gasteiger partial charge in [0.1, 0.15) is 0 Å². The molecule has 0 N–H and O–H groups in total. The van der Waals surface area contributed by atoms with E-state index in [4.69, 9.17) is 28.0 Å². The molecule has 17 heavy (non-hydrogen) atoms. The lowest BCUT2D eigenvalue weighted by atomic mass is 10.0. The average Bonchev–Trinajstić information content (AvgIpc) is 2.55. The topological polar surface area (TPSA) is 12.5 Å². The van der Waals surface area contributed by atoms with E-state index in [1.807, 2.05) is 18.1 Å². The minimum Gasteiger partial charge on any atom is -0.269 e. The summed E-state index contributed by atoms with van der Waals surface area (Å²) in [7, 11) is 0. The van der Waals surface area contributed by atoms with Crippen LogP contribution in [0.25, 0.3) is 0 Å². The number of nitrogens with zero attached hydrogens (tertiary/aromatic N) is 1. The number of hydrogen-bond acceptors (Lipinski definition) is 2. The predicted molar refractivity (Wildman–Crippen MR) is 70.7 cm³/mol. The van der Waals surface area contributed by atoms with Crippen molar-refractivity contribution < 1.29 is 4.84 Å². The van der Waals surface area contributed by atoms with Crippen molar-refractivity contribution in [2.24, 2.45) is 0 Å². The Balaban J connectivity index is 2.12. The SMILES string of the molecule is C=C(C)[C@@H]1C[C@H]2Cc3cc(Cl)cc(Cl)c3N1O2. The van der Waals surface area contributed by atoms with Gasteiger partial charge in [0.15, 0.2) is 0 Å². The Hall–Kier alpha value is -0.700. The second-order valence-electron chi connectivity index (χ2n) is 4.75. The number of hydrogen-bond donors (Lipinski definition) is 0. The molecule has 1 aromatic carbocycles. The van der Waals surface area contributed by atoms with E-state index in [1.54, 1.807) is 6.07 Å². The van der Waals surface area contributed by atoms with Crippen molar-refractivity contribution in [3.63, 3.8) is 0 Å². The molecule has 2 bridgehead atoms. The van der Waals surface area contributed by atoms with Crippen LogP contribution in [0.4, 0.5) is 5.69 Å². The summed E-state index contributed by atoms with van der Waals surface area (Å²) in [5.41, 5.74) is 3.23. The molecule has 4 heteroatoms. The fraction of sp³-hybridized carbons (Fsp3) is 0.385. The molecule has 0 unspecified atom stereocenters. The monoisotopic (exact) mass is 269 g/mol. The zero-order valence-electron chi connectivity index (χ0n) is 9.54. The van der Waals surface area contributed by atoms with Crippen LogP contribution in [-0.2, 0) is 11.3 Å². The first-order valence-electron chi connectivity index (χ1n) is 5.65. The van der Waals surface area contributed by atoms with Gasteiger partial charge in [0, 0.05) is 17.9 Å². The van der Waals surface area contributed by atoms with Gasteiger partial charge in [-0.05, 0) is 24.6 Å². The van der Waals surface area contributed by atoms with Gasteiger partial charge in [-0.3, -0.25) is 4.84 Å². The van der Waals surface area contributed by atoms with Crippen molar-refractivity contribution >= 4 is 28.9 Å². The highest BCUT2D eigenvalue weighted by atomic mass is 35.5. The number of benzene rings is 1. The Morgan fingerprint density at radius 2 is 2.24 bits per heavy atom. The van der Waals surface area contributed by atoms with Crippen molar-refractivity contribution in [3.8, 4) is 0 Å². The summed E-state index contributed by atoms with van der Waals surface area (Å²) in [6.45, 7) is 6.05. The third-order valence-electron chi connectivity index (χ3n) is 3.38. The first kappa shape index (κ1) is 11.4. The number of halogens is 2. The molecule has 2 aliphatic rings. The van der Waals surface area contributed by atoms with Gasteiger partial charge in [0.25, 0.3) is 0 Å². The highest BCUT2D eigenvalue weighted by Crippen LogP contribution is 2.44. The minimum atomic E-state index is 0.221. The quantitative estimate of drug-likeness (QED) is 0.715. The van der Waals surface area contributed by atoms with E-state index in [-0.39, 0.29) is 12.1 Å². The van der Waals surface area contributed by atoms with Crippen molar-refractivity contribution in [2.75, 3.05) is 5.06 Å². The van der Waals surface area contributed by atoms with E-state index in [0.717, 1.165) is 24.1 Å². The van der Waals surface area contributed by atoms with Crippen molar-refractivity contribution in [1.82, 2.24) is 0 Å². The average molecular weight is 270 g/mol. The van der Waals surface area contributed by atoms with Crippen LogP contribution in [0.5, 0.6) is 0 Å². The zero-order valence-corrected chi connectivity index (χ0v) is 11.1. The molecule has 1 saturated heterocycles. The Labute approximate surface area is 111 Å². The maximum absolute atomic E-state index is 6.27. The summed E-state index contributed by atoms with van der Waals surface area (Å²) >= 11 is 12.3. The Kier molecular flexibility index (Phi) is 2.62. The Morgan fingerprint density at radius 1 is 1.47 bits per heavy atom. The number of rotatable bonds is 1. The van der Waals surface area contributed by atoms with Crippen molar-refractivity contribution in [1.29, 1.82) is 0 Å². The lowest BCUT2D eigenvalue weighted by Crippen LogP contribution is -2.32. The molecule has 0 amide bonds. The molecule has 2 nitrogen and oxygen atoms in total. The van der Waals surface area contributed by atoms with Gasteiger partial charge in [0.05, 0.1) is 22.9 Å². The van der Waals surface area contributed by atoms with Gasteiger partial charge < -0.3 is 0 Å². The molecule has 0 spiro atoms. The molecule has 0 aromatic heterocycles. The number of hydroxylamine groups is 1. The molecule has 90 valence electrons. The summed E-state index contributed by atoms with van der Waals surface area (Å²) < 4.78 is 0. The first-order chi connectivity index (χ1) is 8.06. The molecule has 0 aliphatic carbocycles. The molecule has 0 radical (unpaired) electrons. The predicted octanol–water partition coefficient (Wildman–Crippen LogP) is 4.00. The molecule has 1 fully saturated rings. The highest BCUT2D eigenvalue weighted by Gasteiger charge is 2.40. The summed E-state index contributed by atoms with van der Waals surface area (Å²) in [5.74, 6) is 0. The molecule has 2 aliphatic heterocycles. The van der Waals surface area contributed by atoms with E-state index in [9.17, 15) is 0 Å². The maximum Gasteiger partial charge on any atom is 0.0921 e. The summed E-state index contributed by atoms with van der Waals surface area (Å²) in [6.07, 6.45) is 2.06. The maximum atomic E-state index is 6.27. The van der Waals surface area contributed by atoms with E-state index in [2.05, 4.69) is 6.58 Å². The fourth-order valence-electron chi connectivity index (χ4n) is 2.62. The minimum absolute atomic E-state index is 0.221. The van der Waals surface area contributed by atoms with E-state index < -0.39 is 0 Å². The third kappa shape index (κ3) is 1.75. The molecule has 3 rings (SSSR count). The standard InChI is InChI=1S/C13H13Cl2NO/c1-7(2)12-6-10-4-8-3-9(14)5-11(15)13(8)16(12)17-10/h3,5,10,12H,1,4,6H2,2H3/t10-,12+/m1/s1. The van der Waals surface area contributed by atoms with Crippen LogP contribution >= 0.6 is 23.2 Å². The number of anilines is 1. The van der Waals surface area contributed by atoms with Crippen LogP contribution in [0.3, 0.4) is 0 Å². The summed E-state index contributed by atoms with van der Waals surface area (Å²) in [4.78, 5) is 5.86. The van der Waals surface area contributed by atoms with Crippen molar-refractivity contribution in [2.45, 2.75) is 31.9 Å². The van der Waals surface area contributed by atoms with Crippen molar-refractivity contribution in [3.05, 3.63) is 39.9 Å². The van der Waals surface area contributed by atoms with Gasteiger partial charge in [-0.15, -0.1) is 0 Å². The van der Waals surface area contributed by atoms with Crippen LogP contribution in [0.15, 0.2) is 24.3 Å². The van der Waals surface area contributed by atoms with Crippen LogP contribution < -0.4 is 5.06 Å². The molecule has 2 heterocycles. The first-order valence-corrected chi connectivity index (χ1v) is 6.41. The molecular formula is C13H13Cl2NO. The molecule has 1 aromatic rings. The second kappa shape index (κ2) is 3.91. The van der Waals surface area contributed by atoms with Gasteiger partial charge >= 0.3 is 0 Å². The smallest absolute Gasteiger partial charge is 0.0921 e. The van der Waals surface area contributed by atoms with Gasteiger partial charge in [-0.25, -0.2) is 5.06 Å². The Bertz CT molecular complexity index is 500. The van der Waals surface area contributed by atoms with Crippen LogP contribution in [-0.4, -0.2) is 12.1 Å². The normalized spacial score (nSPS) is 25.9. The largest absolute Gasteiger partial charge is 0.269 e. The molecule has 0 saturated carbocycles. The number of fused-ring (bicyclic) bond motifs is 4. The van der Waals surface area contributed by atoms with Crippen LogP contribution in [0.2, 0.25) is 10.0 Å². The van der Waals surface area contributed by atoms with E-state index in [0.29, 0.717) is 10.0 Å². The van der Waals surface area contributed by atoms with Gasteiger partial charge in [0.2, 0.25) is 0 Å². The molecular weight excluding hydrogens is 257 g/mol. The molecule has 2 atom stereocenters. The lowest BCUT2D eigenvalue weighted by Gasteiger charge is -2.31. The summed E-state index contributed by atoms with van der Waals surface area (Å²) in [6, 6.07) is 3.96. The fourth-order valence-corrected chi connectivity index (χ4v) is 3.24. The van der Waals surface area contributed by atoms with Crippen LogP contribution in [0, 0.1) is 0 Å². The summed E-state index contributed by atoms with van der Waals surface area (Å²) in [5, 5.41) is 3.24. The highest BCUT2D eigenvalue weighted by molar-refractivity contribution is 6.36. The van der Waals surface area contributed by atoms with Gasteiger partial charge in [-0.1, -0.05) is 35.4 Å². The lowest BCUT2D eigenvalue weighted by molar-refractivity contribution is 0.0749. The third-order valence-corrected chi connectivity index (χ3v) is 3.88.